The third-order valence-corrected chi connectivity index (χ3v) is 4.59. The monoisotopic (exact) mass is 364 g/mol. The average Bonchev–Trinajstić information content (AvgIpc) is 2.57. The Kier molecular flexibility index (Phi) is 5.29. The molecule has 0 bridgehead atoms. The van der Waals surface area contributed by atoms with E-state index in [-0.39, 0.29) is 12.1 Å². The fraction of sp³-hybridized carbons (Fsp3) is 0.278. The smallest absolute Gasteiger partial charge is 0.257 e. The van der Waals surface area contributed by atoms with Crippen LogP contribution >= 0.6 is 23.2 Å². The first-order valence-electron chi connectivity index (χ1n) is 7.72. The molecule has 1 N–H and O–H groups in total. The second-order valence-corrected chi connectivity index (χ2v) is 6.45. The van der Waals surface area contributed by atoms with Crippen molar-refractivity contribution >= 4 is 34.8 Å². The van der Waals surface area contributed by atoms with Crippen molar-refractivity contribution in [1.82, 2.24) is 4.90 Å². The Labute approximate surface area is 151 Å². The summed E-state index contributed by atoms with van der Waals surface area (Å²) in [6, 6.07) is 12.8. The number of hydrogen-bond acceptors (Lipinski definition) is 3. The lowest BCUT2D eigenvalue weighted by Crippen LogP contribution is -2.43. The molecular weight excluding hydrogens is 347 g/mol. The number of benzene rings is 2. The Morgan fingerprint density at radius 2 is 2.00 bits per heavy atom. The highest BCUT2D eigenvalue weighted by molar-refractivity contribution is 6.35. The minimum Gasteiger partial charge on any atom is -0.385 e. The molecule has 4 nitrogen and oxygen atoms in total. The molecule has 1 aliphatic rings. The summed E-state index contributed by atoms with van der Waals surface area (Å²) in [6.07, 6.45) is 0.405. The van der Waals surface area contributed by atoms with Gasteiger partial charge < -0.3 is 15.0 Å². The lowest BCUT2D eigenvalue weighted by atomic mass is 10.0. The van der Waals surface area contributed by atoms with Crippen molar-refractivity contribution in [2.45, 2.75) is 12.6 Å². The molecule has 0 aliphatic carbocycles. The topological polar surface area (TPSA) is 41.6 Å². The van der Waals surface area contributed by atoms with Gasteiger partial charge in [-0.15, -0.1) is 0 Å². The van der Waals surface area contributed by atoms with Crippen molar-refractivity contribution in [2.24, 2.45) is 0 Å². The molecule has 1 heterocycles. The number of nitrogens with one attached hydrogen (secondary N) is 1. The predicted molar refractivity (Wildman–Crippen MR) is 96.8 cm³/mol. The number of carbonyl (C=O) groups is 1. The Bertz CT molecular complexity index is 752. The zero-order valence-electron chi connectivity index (χ0n) is 13.3. The standard InChI is InChI=1S/C18H18Cl2N2O2/c1-24-10-4-9-22-17(13-8-7-12(19)11-15(13)20)21-16-6-3-2-5-14(16)18(22)23/h2-3,5-8,11,17,21H,4,9-10H2,1H3. The van der Waals surface area contributed by atoms with Crippen LogP contribution in [0.3, 0.4) is 0 Å². The Morgan fingerprint density at radius 3 is 2.75 bits per heavy atom. The summed E-state index contributed by atoms with van der Waals surface area (Å²) in [5, 5.41) is 4.52. The molecule has 1 atom stereocenters. The van der Waals surface area contributed by atoms with Crippen LogP contribution in [0, 0.1) is 0 Å². The highest BCUT2D eigenvalue weighted by Gasteiger charge is 2.33. The van der Waals surface area contributed by atoms with Crippen LogP contribution in [0.15, 0.2) is 42.5 Å². The van der Waals surface area contributed by atoms with Gasteiger partial charge in [0.25, 0.3) is 5.91 Å². The minimum absolute atomic E-state index is 0.0172. The molecule has 2 aromatic rings. The van der Waals surface area contributed by atoms with Crippen LogP contribution in [0.5, 0.6) is 0 Å². The quantitative estimate of drug-likeness (QED) is 0.788. The second kappa shape index (κ2) is 7.43. The molecule has 0 aromatic heterocycles. The molecule has 6 heteroatoms. The molecule has 0 saturated heterocycles. The van der Waals surface area contributed by atoms with Gasteiger partial charge in [-0.05, 0) is 30.7 Å². The molecule has 126 valence electrons. The van der Waals surface area contributed by atoms with Gasteiger partial charge in [-0.25, -0.2) is 0 Å². The lowest BCUT2D eigenvalue weighted by molar-refractivity contribution is 0.0660. The van der Waals surface area contributed by atoms with Crippen LogP contribution in [-0.2, 0) is 4.74 Å². The number of methoxy groups -OCH3 is 1. The van der Waals surface area contributed by atoms with E-state index in [1.807, 2.05) is 30.3 Å². The molecule has 0 fully saturated rings. The van der Waals surface area contributed by atoms with Crippen molar-refractivity contribution in [3.63, 3.8) is 0 Å². The van der Waals surface area contributed by atoms with E-state index in [9.17, 15) is 4.79 Å². The van der Waals surface area contributed by atoms with Gasteiger partial charge in [0.05, 0.1) is 5.56 Å². The summed E-state index contributed by atoms with van der Waals surface area (Å²) >= 11 is 12.4. The van der Waals surface area contributed by atoms with Gasteiger partial charge in [0.1, 0.15) is 6.17 Å². The molecule has 1 amide bonds. The Hall–Kier alpha value is -1.75. The summed E-state index contributed by atoms with van der Waals surface area (Å²) < 4.78 is 5.12. The number of para-hydroxylation sites is 1. The number of ether oxygens (including phenoxy) is 1. The van der Waals surface area contributed by atoms with E-state index in [0.717, 1.165) is 17.7 Å². The summed E-state index contributed by atoms with van der Waals surface area (Å²) in [7, 11) is 1.65. The first-order chi connectivity index (χ1) is 11.6. The summed E-state index contributed by atoms with van der Waals surface area (Å²) in [6.45, 7) is 1.16. The van der Waals surface area contributed by atoms with Gasteiger partial charge in [-0.3, -0.25) is 4.79 Å². The molecular formula is C18H18Cl2N2O2. The summed E-state index contributed by atoms with van der Waals surface area (Å²) in [5.74, 6) is -0.0172. The van der Waals surface area contributed by atoms with Gasteiger partial charge >= 0.3 is 0 Å². The second-order valence-electron chi connectivity index (χ2n) is 5.60. The first-order valence-corrected chi connectivity index (χ1v) is 8.48. The van der Waals surface area contributed by atoms with Gasteiger partial charge in [0.15, 0.2) is 0 Å². The van der Waals surface area contributed by atoms with Gasteiger partial charge in [0, 0.05) is 41.6 Å². The number of rotatable bonds is 5. The van der Waals surface area contributed by atoms with E-state index in [1.165, 1.54) is 0 Å². The largest absolute Gasteiger partial charge is 0.385 e. The summed E-state index contributed by atoms with van der Waals surface area (Å²) in [4.78, 5) is 14.7. The number of amides is 1. The number of anilines is 1. The molecule has 1 aliphatic heterocycles. The fourth-order valence-corrected chi connectivity index (χ4v) is 3.38. The zero-order chi connectivity index (χ0) is 17.1. The fourth-order valence-electron chi connectivity index (χ4n) is 2.87. The molecule has 0 radical (unpaired) electrons. The van der Waals surface area contributed by atoms with Crippen LogP contribution in [0.1, 0.15) is 28.5 Å². The lowest BCUT2D eigenvalue weighted by Gasteiger charge is -2.38. The molecule has 0 saturated carbocycles. The van der Waals surface area contributed by atoms with Crippen molar-refractivity contribution in [2.75, 3.05) is 25.6 Å². The van der Waals surface area contributed by atoms with E-state index in [2.05, 4.69) is 5.32 Å². The van der Waals surface area contributed by atoms with E-state index in [4.69, 9.17) is 27.9 Å². The first kappa shape index (κ1) is 17.1. The highest BCUT2D eigenvalue weighted by atomic mass is 35.5. The number of fused-ring (bicyclic) bond motifs is 1. The van der Waals surface area contributed by atoms with Crippen LogP contribution in [0.4, 0.5) is 5.69 Å². The third-order valence-electron chi connectivity index (χ3n) is 4.03. The maximum absolute atomic E-state index is 12.9. The molecule has 3 rings (SSSR count). The SMILES string of the molecule is COCCCN1C(=O)c2ccccc2NC1c1ccc(Cl)cc1Cl. The zero-order valence-corrected chi connectivity index (χ0v) is 14.8. The van der Waals surface area contributed by atoms with E-state index >= 15 is 0 Å². The number of nitrogens with zero attached hydrogens (tertiary/aromatic N) is 1. The Balaban J connectivity index is 1.99. The van der Waals surface area contributed by atoms with E-state index in [0.29, 0.717) is 28.8 Å². The third kappa shape index (κ3) is 3.36. The van der Waals surface area contributed by atoms with Gasteiger partial charge in [-0.1, -0.05) is 41.4 Å². The maximum atomic E-state index is 12.9. The average molecular weight is 365 g/mol. The normalized spacial score (nSPS) is 16.7. The predicted octanol–water partition coefficient (Wildman–Crippen LogP) is 4.60. The van der Waals surface area contributed by atoms with Crippen LogP contribution in [0.25, 0.3) is 0 Å². The number of carbonyl (C=O) groups excluding carboxylic acids is 1. The van der Waals surface area contributed by atoms with E-state index in [1.54, 1.807) is 24.1 Å². The van der Waals surface area contributed by atoms with Crippen molar-refractivity contribution in [3.05, 3.63) is 63.6 Å². The minimum atomic E-state index is -0.339. The molecule has 24 heavy (non-hydrogen) atoms. The van der Waals surface area contributed by atoms with Crippen molar-refractivity contribution in [1.29, 1.82) is 0 Å². The van der Waals surface area contributed by atoms with E-state index < -0.39 is 0 Å². The number of hydrogen-bond donors (Lipinski definition) is 1. The summed E-state index contributed by atoms with van der Waals surface area (Å²) in [5.41, 5.74) is 2.29. The van der Waals surface area contributed by atoms with Gasteiger partial charge in [-0.2, -0.15) is 0 Å². The molecule has 2 aromatic carbocycles. The number of halogens is 2. The van der Waals surface area contributed by atoms with Crippen LogP contribution in [-0.4, -0.2) is 31.1 Å². The highest BCUT2D eigenvalue weighted by Crippen LogP contribution is 2.36. The van der Waals surface area contributed by atoms with Crippen LogP contribution in [0.2, 0.25) is 10.0 Å². The maximum Gasteiger partial charge on any atom is 0.257 e. The van der Waals surface area contributed by atoms with Gasteiger partial charge in [0.2, 0.25) is 0 Å². The molecule has 0 spiro atoms. The van der Waals surface area contributed by atoms with Crippen molar-refractivity contribution in [3.8, 4) is 0 Å². The van der Waals surface area contributed by atoms with Crippen molar-refractivity contribution < 1.29 is 9.53 Å². The Morgan fingerprint density at radius 1 is 1.21 bits per heavy atom. The molecule has 1 unspecified atom stereocenters. The van der Waals surface area contributed by atoms with Crippen LogP contribution < -0.4 is 5.32 Å².